The van der Waals surface area contributed by atoms with Gasteiger partial charge in [-0.15, -0.1) is 0 Å². The molecular weight excluding hydrogens is 224 g/mol. The SMILES string of the molecule is CCc1ccc(CCC(C)CNCCOC)nc1. The molecule has 1 rings (SSSR count). The normalized spacial score (nSPS) is 12.6. The third kappa shape index (κ3) is 6.12. The molecule has 18 heavy (non-hydrogen) atoms. The molecular formula is C15H26N2O. The van der Waals surface area contributed by atoms with E-state index in [1.165, 1.54) is 17.7 Å². The Morgan fingerprint density at radius 1 is 1.39 bits per heavy atom. The summed E-state index contributed by atoms with van der Waals surface area (Å²) in [5.41, 5.74) is 2.52. The minimum Gasteiger partial charge on any atom is -0.383 e. The topological polar surface area (TPSA) is 34.1 Å². The molecule has 1 N–H and O–H groups in total. The molecule has 1 atom stereocenters. The van der Waals surface area contributed by atoms with Crippen molar-refractivity contribution in [3.05, 3.63) is 29.6 Å². The van der Waals surface area contributed by atoms with Crippen molar-refractivity contribution in [2.24, 2.45) is 5.92 Å². The molecule has 1 unspecified atom stereocenters. The van der Waals surface area contributed by atoms with Crippen LogP contribution in [0.3, 0.4) is 0 Å². The Hall–Kier alpha value is -0.930. The fourth-order valence-corrected chi connectivity index (χ4v) is 1.83. The highest BCUT2D eigenvalue weighted by Crippen LogP contribution is 2.08. The molecule has 102 valence electrons. The number of aromatic nitrogens is 1. The van der Waals surface area contributed by atoms with Gasteiger partial charge in [-0.2, -0.15) is 0 Å². The molecule has 0 spiro atoms. The number of nitrogens with zero attached hydrogens (tertiary/aromatic N) is 1. The lowest BCUT2D eigenvalue weighted by molar-refractivity contribution is 0.198. The number of hydrogen-bond donors (Lipinski definition) is 1. The van der Waals surface area contributed by atoms with Gasteiger partial charge < -0.3 is 10.1 Å². The predicted molar refractivity (Wildman–Crippen MR) is 75.8 cm³/mol. The van der Waals surface area contributed by atoms with Crippen molar-refractivity contribution in [3.8, 4) is 0 Å². The first kappa shape index (κ1) is 15.1. The van der Waals surface area contributed by atoms with Crippen molar-refractivity contribution in [3.63, 3.8) is 0 Å². The van der Waals surface area contributed by atoms with E-state index < -0.39 is 0 Å². The zero-order chi connectivity index (χ0) is 13.2. The van der Waals surface area contributed by atoms with E-state index >= 15 is 0 Å². The Morgan fingerprint density at radius 3 is 2.83 bits per heavy atom. The quantitative estimate of drug-likeness (QED) is 0.684. The first-order chi connectivity index (χ1) is 8.76. The first-order valence-electron chi connectivity index (χ1n) is 6.89. The van der Waals surface area contributed by atoms with Crippen LogP contribution >= 0.6 is 0 Å². The summed E-state index contributed by atoms with van der Waals surface area (Å²) in [7, 11) is 1.73. The van der Waals surface area contributed by atoms with Gasteiger partial charge in [-0.1, -0.05) is 19.9 Å². The van der Waals surface area contributed by atoms with Gasteiger partial charge in [-0.25, -0.2) is 0 Å². The van der Waals surface area contributed by atoms with Crippen LogP contribution in [0.4, 0.5) is 0 Å². The van der Waals surface area contributed by atoms with E-state index in [1.807, 2.05) is 6.20 Å². The Morgan fingerprint density at radius 2 is 2.22 bits per heavy atom. The lowest BCUT2D eigenvalue weighted by atomic mass is 10.0. The van der Waals surface area contributed by atoms with Crippen LogP contribution in [0, 0.1) is 5.92 Å². The minimum absolute atomic E-state index is 0.675. The molecule has 0 aromatic carbocycles. The second-order valence-corrected chi connectivity index (χ2v) is 4.85. The summed E-state index contributed by atoms with van der Waals surface area (Å²) in [6.07, 6.45) is 5.31. The monoisotopic (exact) mass is 250 g/mol. The lowest BCUT2D eigenvalue weighted by Gasteiger charge is -2.12. The molecule has 0 aliphatic heterocycles. The largest absolute Gasteiger partial charge is 0.383 e. The van der Waals surface area contributed by atoms with Crippen molar-refractivity contribution < 1.29 is 4.74 Å². The molecule has 0 aliphatic rings. The van der Waals surface area contributed by atoms with Crippen LogP contribution in [-0.2, 0) is 17.6 Å². The average molecular weight is 250 g/mol. The van der Waals surface area contributed by atoms with Crippen LogP contribution < -0.4 is 5.32 Å². The number of nitrogens with one attached hydrogen (secondary N) is 1. The van der Waals surface area contributed by atoms with Gasteiger partial charge >= 0.3 is 0 Å². The van der Waals surface area contributed by atoms with Gasteiger partial charge in [-0.05, 0) is 43.4 Å². The van der Waals surface area contributed by atoms with Crippen molar-refractivity contribution in [1.29, 1.82) is 0 Å². The molecule has 1 aromatic heterocycles. The van der Waals surface area contributed by atoms with Crippen molar-refractivity contribution in [2.75, 3.05) is 26.8 Å². The number of aryl methyl sites for hydroxylation is 2. The summed E-state index contributed by atoms with van der Waals surface area (Å²) in [5.74, 6) is 0.675. The van der Waals surface area contributed by atoms with Gasteiger partial charge in [0.1, 0.15) is 0 Å². The molecule has 0 aliphatic carbocycles. The Bertz CT molecular complexity index is 311. The molecule has 0 radical (unpaired) electrons. The number of pyridine rings is 1. The minimum atomic E-state index is 0.675. The highest BCUT2D eigenvalue weighted by Gasteiger charge is 2.03. The predicted octanol–water partition coefficient (Wildman–Crippen LogP) is 2.45. The third-order valence-corrected chi connectivity index (χ3v) is 3.16. The van der Waals surface area contributed by atoms with E-state index in [4.69, 9.17) is 4.74 Å². The zero-order valence-electron chi connectivity index (χ0n) is 11.9. The second kappa shape index (κ2) is 9.06. The van der Waals surface area contributed by atoms with Crippen LogP contribution in [0.15, 0.2) is 18.3 Å². The molecule has 3 nitrogen and oxygen atoms in total. The summed E-state index contributed by atoms with van der Waals surface area (Å²) in [6, 6.07) is 4.34. The van der Waals surface area contributed by atoms with Crippen LogP contribution in [0.25, 0.3) is 0 Å². The van der Waals surface area contributed by atoms with Gasteiger partial charge in [0.05, 0.1) is 6.61 Å². The molecule has 3 heteroatoms. The second-order valence-electron chi connectivity index (χ2n) is 4.85. The van der Waals surface area contributed by atoms with Crippen LogP contribution in [0.1, 0.15) is 31.5 Å². The maximum Gasteiger partial charge on any atom is 0.0587 e. The number of methoxy groups -OCH3 is 1. The molecule has 1 aromatic rings. The van der Waals surface area contributed by atoms with Gasteiger partial charge in [-0.3, -0.25) is 4.98 Å². The Kier molecular flexibility index (Phi) is 7.62. The molecule has 0 saturated heterocycles. The zero-order valence-corrected chi connectivity index (χ0v) is 11.9. The first-order valence-corrected chi connectivity index (χ1v) is 6.89. The fraction of sp³-hybridized carbons (Fsp3) is 0.667. The van der Waals surface area contributed by atoms with Gasteiger partial charge in [0.25, 0.3) is 0 Å². The summed E-state index contributed by atoms with van der Waals surface area (Å²) in [4.78, 5) is 4.49. The van der Waals surface area contributed by atoms with E-state index in [0.717, 1.165) is 32.5 Å². The van der Waals surface area contributed by atoms with Crippen LogP contribution in [-0.4, -0.2) is 31.8 Å². The molecule has 1 heterocycles. The molecule has 0 fully saturated rings. The lowest BCUT2D eigenvalue weighted by Crippen LogP contribution is -2.25. The van der Waals surface area contributed by atoms with E-state index in [0.29, 0.717) is 5.92 Å². The van der Waals surface area contributed by atoms with Gasteiger partial charge in [0.2, 0.25) is 0 Å². The highest BCUT2D eigenvalue weighted by molar-refractivity contribution is 5.13. The van der Waals surface area contributed by atoms with Crippen molar-refractivity contribution in [1.82, 2.24) is 10.3 Å². The Labute approximate surface area is 111 Å². The standard InChI is InChI=1S/C15H26N2O/c1-4-14-6-8-15(17-12-14)7-5-13(2)11-16-9-10-18-3/h6,8,12-13,16H,4-5,7,9-11H2,1-3H3. The summed E-state index contributed by atoms with van der Waals surface area (Å²) in [5, 5.41) is 3.40. The highest BCUT2D eigenvalue weighted by atomic mass is 16.5. The number of rotatable bonds is 9. The average Bonchev–Trinajstić information content (AvgIpc) is 2.42. The van der Waals surface area contributed by atoms with E-state index in [2.05, 4.69) is 36.3 Å². The number of hydrogen-bond acceptors (Lipinski definition) is 3. The van der Waals surface area contributed by atoms with E-state index in [9.17, 15) is 0 Å². The summed E-state index contributed by atoms with van der Waals surface area (Å²) < 4.78 is 5.00. The molecule has 0 amide bonds. The maximum absolute atomic E-state index is 5.00. The van der Waals surface area contributed by atoms with Gasteiger partial charge in [0, 0.05) is 25.5 Å². The van der Waals surface area contributed by atoms with Gasteiger partial charge in [0.15, 0.2) is 0 Å². The van der Waals surface area contributed by atoms with Crippen LogP contribution in [0.5, 0.6) is 0 Å². The van der Waals surface area contributed by atoms with Crippen molar-refractivity contribution >= 4 is 0 Å². The van der Waals surface area contributed by atoms with Crippen LogP contribution in [0.2, 0.25) is 0 Å². The Balaban J connectivity index is 2.18. The summed E-state index contributed by atoms with van der Waals surface area (Å²) in [6.45, 7) is 7.21. The van der Waals surface area contributed by atoms with Crippen molar-refractivity contribution in [2.45, 2.75) is 33.1 Å². The smallest absolute Gasteiger partial charge is 0.0587 e. The third-order valence-electron chi connectivity index (χ3n) is 3.16. The molecule has 0 bridgehead atoms. The van der Waals surface area contributed by atoms with E-state index in [-0.39, 0.29) is 0 Å². The molecule has 0 saturated carbocycles. The van der Waals surface area contributed by atoms with E-state index in [1.54, 1.807) is 7.11 Å². The fourth-order valence-electron chi connectivity index (χ4n) is 1.83. The maximum atomic E-state index is 5.00. The number of ether oxygens (including phenoxy) is 1. The summed E-state index contributed by atoms with van der Waals surface area (Å²) >= 11 is 0.